The smallest absolute Gasteiger partial charge is 0.322 e. The van der Waals surface area contributed by atoms with Crippen LogP contribution in [0.2, 0.25) is 0 Å². The van der Waals surface area contributed by atoms with Crippen LogP contribution in [0.25, 0.3) is 0 Å². The van der Waals surface area contributed by atoms with Crippen molar-refractivity contribution in [2.24, 2.45) is 0 Å². The summed E-state index contributed by atoms with van der Waals surface area (Å²) in [6.07, 6.45) is 1.70. The molecule has 202 valence electrons. The third-order valence-corrected chi connectivity index (χ3v) is 7.54. The van der Waals surface area contributed by atoms with Crippen molar-refractivity contribution in [1.82, 2.24) is 9.80 Å². The lowest BCUT2D eigenvalue weighted by molar-refractivity contribution is -0.133. The van der Waals surface area contributed by atoms with Crippen molar-refractivity contribution in [2.75, 3.05) is 39.2 Å². The summed E-state index contributed by atoms with van der Waals surface area (Å²) in [5, 5.41) is 4.95. The number of thiophene rings is 1. The summed E-state index contributed by atoms with van der Waals surface area (Å²) < 4.78 is 16.5. The second kappa shape index (κ2) is 13.3. The lowest BCUT2D eigenvalue weighted by Gasteiger charge is -2.29. The predicted molar refractivity (Wildman–Crippen MR) is 149 cm³/mol. The maximum Gasteiger partial charge on any atom is 0.322 e. The Kier molecular flexibility index (Phi) is 9.62. The van der Waals surface area contributed by atoms with Gasteiger partial charge in [0.1, 0.15) is 18.0 Å². The van der Waals surface area contributed by atoms with E-state index in [1.807, 2.05) is 40.6 Å². The number of aryl methyl sites for hydroxylation is 1. The number of ether oxygens (including phenoxy) is 3. The number of carbonyl (C=O) groups is 2. The van der Waals surface area contributed by atoms with E-state index < -0.39 is 0 Å². The van der Waals surface area contributed by atoms with E-state index in [9.17, 15) is 9.59 Å². The standard InChI is InChI=1S/C29H35N3O5S/c1-21-11-13-38-27(21)19-31(17-22-8-5-4-6-9-22)28(33)20-32(18-24-10-7-12-37-24)29(34)30-23-14-25(35-2)16-26(15-23)36-3/h4-6,8-9,11,13-16,24H,7,10,12,17-20H2,1-3H3,(H,30,34). The van der Waals surface area contributed by atoms with E-state index in [-0.39, 0.29) is 24.6 Å². The van der Waals surface area contributed by atoms with Crippen molar-refractivity contribution in [3.63, 3.8) is 0 Å². The third-order valence-electron chi connectivity index (χ3n) is 6.54. The molecule has 0 aliphatic carbocycles. The molecular formula is C29H35N3O5S. The molecule has 0 radical (unpaired) electrons. The van der Waals surface area contributed by atoms with Gasteiger partial charge in [-0.25, -0.2) is 4.79 Å². The number of urea groups is 1. The van der Waals surface area contributed by atoms with Crippen LogP contribution < -0.4 is 14.8 Å². The van der Waals surface area contributed by atoms with E-state index >= 15 is 0 Å². The van der Waals surface area contributed by atoms with Gasteiger partial charge >= 0.3 is 6.03 Å². The van der Waals surface area contributed by atoms with E-state index in [2.05, 4.69) is 18.3 Å². The molecule has 2 aromatic carbocycles. The van der Waals surface area contributed by atoms with Crippen molar-refractivity contribution < 1.29 is 23.8 Å². The quantitative estimate of drug-likeness (QED) is 0.358. The van der Waals surface area contributed by atoms with Gasteiger partial charge < -0.3 is 29.3 Å². The van der Waals surface area contributed by atoms with Gasteiger partial charge in [-0.2, -0.15) is 0 Å². The maximum atomic E-state index is 13.8. The fraction of sp³-hybridized carbons (Fsp3) is 0.379. The lowest BCUT2D eigenvalue weighted by atomic mass is 10.2. The minimum absolute atomic E-state index is 0.0654. The molecule has 0 spiro atoms. The topological polar surface area (TPSA) is 80.3 Å². The van der Waals surface area contributed by atoms with Gasteiger partial charge in [-0.05, 0) is 42.3 Å². The van der Waals surface area contributed by atoms with Crippen LogP contribution in [0.3, 0.4) is 0 Å². The summed E-state index contributed by atoms with van der Waals surface area (Å²) in [6.45, 7) is 3.93. The number of methoxy groups -OCH3 is 2. The summed E-state index contributed by atoms with van der Waals surface area (Å²) in [7, 11) is 3.11. The van der Waals surface area contributed by atoms with Crippen LogP contribution in [0.1, 0.15) is 28.8 Å². The highest BCUT2D eigenvalue weighted by molar-refractivity contribution is 7.10. The molecule has 0 bridgehead atoms. The molecule has 1 saturated heterocycles. The maximum absolute atomic E-state index is 13.8. The van der Waals surface area contributed by atoms with Crippen LogP contribution >= 0.6 is 11.3 Å². The van der Waals surface area contributed by atoms with Gasteiger partial charge in [-0.15, -0.1) is 11.3 Å². The zero-order chi connectivity index (χ0) is 26.9. The van der Waals surface area contributed by atoms with Crippen molar-refractivity contribution in [1.29, 1.82) is 0 Å². The number of nitrogens with one attached hydrogen (secondary N) is 1. The van der Waals surface area contributed by atoms with Crippen LogP contribution in [0.4, 0.5) is 10.5 Å². The van der Waals surface area contributed by atoms with E-state index in [1.54, 1.807) is 48.7 Å². The van der Waals surface area contributed by atoms with Crippen molar-refractivity contribution in [3.05, 3.63) is 76.0 Å². The first kappa shape index (κ1) is 27.5. The number of nitrogens with zero attached hydrogens (tertiary/aromatic N) is 2. The number of rotatable bonds is 11. The highest BCUT2D eigenvalue weighted by atomic mass is 32.1. The van der Waals surface area contributed by atoms with Gasteiger partial charge in [0.15, 0.2) is 0 Å². The summed E-state index contributed by atoms with van der Waals surface area (Å²) >= 11 is 1.64. The molecule has 1 fully saturated rings. The van der Waals surface area contributed by atoms with Gasteiger partial charge in [0.2, 0.25) is 5.91 Å². The molecular weight excluding hydrogens is 502 g/mol. The summed E-state index contributed by atoms with van der Waals surface area (Å²) in [4.78, 5) is 31.7. The van der Waals surface area contributed by atoms with Crippen LogP contribution in [0, 0.1) is 6.92 Å². The first-order valence-corrected chi connectivity index (χ1v) is 13.6. The number of amides is 3. The fourth-order valence-electron chi connectivity index (χ4n) is 4.37. The first-order chi connectivity index (χ1) is 18.4. The monoisotopic (exact) mass is 537 g/mol. The Bertz CT molecular complexity index is 1190. The summed E-state index contributed by atoms with van der Waals surface area (Å²) in [6, 6.07) is 16.8. The Labute approximate surface area is 228 Å². The average molecular weight is 538 g/mol. The van der Waals surface area contributed by atoms with Gasteiger partial charge in [-0.1, -0.05) is 30.3 Å². The molecule has 1 N–H and O–H groups in total. The van der Waals surface area contributed by atoms with Gasteiger partial charge in [-0.3, -0.25) is 4.79 Å². The molecule has 8 nitrogen and oxygen atoms in total. The highest BCUT2D eigenvalue weighted by Gasteiger charge is 2.27. The SMILES string of the molecule is COc1cc(NC(=O)N(CC(=O)N(Cc2ccccc2)Cc2sccc2C)CC2CCCO2)cc(OC)c1. The molecule has 0 saturated carbocycles. The van der Waals surface area contributed by atoms with Crippen LogP contribution in [0.5, 0.6) is 11.5 Å². The van der Waals surface area contributed by atoms with E-state index in [0.717, 1.165) is 28.8 Å². The molecule has 9 heteroatoms. The van der Waals surface area contributed by atoms with Gasteiger partial charge in [0.25, 0.3) is 0 Å². The van der Waals surface area contributed by atoms with Crippen LogP contribution in [0.15, 0.2) is 60.0 Å². The molecule has 1 unspecified atom stereocenters. The summed E-state index contributed by atoms with van der Waals surface area (Å²) in [5.41, 5.74) is 2.71. The van der Waals surface area contributed by atoms with Crippen LogP contribution in [-0.2, 0) is 22.6 Å². The van der Waals surface area contributed by atoms with Gasteiger partial charge in [0.05, 0.1) is 26.9 Å². The summed E-state index contributed by atoms with van der Waals surface area (Å²) in [5.74, 6) is 0.988. The molecule has 1 aliphatic heterocycles. The highest BCUT2D eigenvalue weighted by Crippen LogP contribution is 2.26. The number of hydrogen-bond acceptors (Lipinski definition) is 6. The molecule has 3 aromatic rings. The van der Waals surface area contributed by atoms with E-state index in [4.69, 9.17) is 14.2 Å². The number of anilines is 1. The predicted octanol–water partition coefficient (Wildman–Crippen LogP) is 5.32. The number of hydrogen-bond donors (Lipinski definition) is 1. The minimum atomic E-state index is -0.379. The Hall–Kier alpha value is -3.56. The second-order valence-electron chi connectivity index (χ2n) is 9.31. The Morgan fingerprint density at radius 1 is 1.03 bits per heavy atom. The zero-order valence-corrected chi connectivity index (χ0v) is 23.0. The molecule has 4 rings (SSSR count). The normalized spacial score (nSPS) is 14.7. The van der Waals surface area contributed by atoms with E-state index in [0.29, 0.717) is 43.4 Å². The minimum Gasteiger partial charge on any atom is -0.497 e. The Balaban J connectivity index is 1.54. The van der Waals surface area contributed by atoms with Gasteiger partial charge in [0, 0.05) is 48.5 Å². The Morgan fingerprint density at radius 3 is 2.37 bits per heavy atom. The molecule has 38 heavy (non-hydrogen) atoms. The van der Waals surface area contributed by atoms with Crippen molar-refractivity contribution >= 4 is 29.0 Å². The third kappa shape index (κ3) is 7.49. The van der Waals surface area contributed by atoms with Crippen molar-refractivity contribution in [3.8, 4) is 11.5 Å². The van der Waals surface area contributed by atoms with E-state index in [1.165, 1.54) is 0 Å². The molecule has 1 atom stereocenters. The lowest BCUT2D eigenvalue weighted by Crippen LogP contribution is -2.46. The zero-order valence-electron chi connectivity index (χ0n) is 22.1. The molecule has 2 heterocycles. The Morgan fingerprint density at radius 2 is 1.76 bits per heavy atom. The second-order valence-corrected chi connectivity index (χ2v) is 10.3. The largest absolute Gasteiger partial charge is 0.497 e. The molecule has 1 aromatic heterocycles. The van der Waals surface area contributed by atoms with Crippen molar-refractivity contribution in [2.45, 2.75) is 39.0 Å². The number of carbonyl (C=O) groups excluding carboxylic acids is 2. The fourth-order valence-corrected chi connectivity index (χ4v) is 5.30. The first-order valence-electron chi connectivity index (χ1n) is 12.7. The number of benzene rings is 2. The molecule has 3 amide bonds. The average Bonchev–Trinajstić information content (AvgIpc) is 3.59. The molecule has 1 aliphatic rings. The van der Waals surface area contributed by atoms with Crippen LogP contribution in [-0.4, -0.2) is 61.8 Å².